The van der Waals surface area contributed by atoms with Crippen LogP contribution in [0.25, 0.3) is 0 Å². The van der Waals surface area contributed by atoms with Gasteiger partial charge in [0.15, 0.2) is 0 Å². The number of aryl methyl sites for hydroxylation is 1. The van der Waals surface area contributed by atoms with Gasteiger partial charge in [-0.15, -0.1) is 0 Å². The number of hydrogen-bond donors (Lipinski definition) is 1. The van der Waals surface area contributed by atoms with Gasteiger partial charge < -0.3 is 15.0 Å². The molecule has 3 unspecified atom stereocenters. The number of anilines is 1. The van der Waals surface area contributed by atoms with Gasteiger partial charge in [-0.05, 0) is 71.9 Å². The van der Waals surface area contributed by atoms with Gasteiger partial charge in [0.2, 0.25) is 0 Å². The summed E-state index contributed by atoms with van der Waals surface area (Å²) in [5.74, 6) is 1.08. The average molecular weight is 496 g/mol. The molecule has 2 aliphatic carbocycles. The molecule has 1 saturated heterocycles. The molecule has 1 saturated carbocycles. The number of nitrogens with one attached hydrogen (secondary N) is 1. The average Bonchev–Trinajstić information content (AvgIpc) is 2.99. The second kappa shape index (κ2) is 11.4. The van der Waals surface area contributed by atoms with Crippen molar-refractivity contribution in [1.29, 1.82) is 5.41 Å². The first-order valence-corrected chi connectivity index (χ1v) is 13.7. The Balaban J connectivity index is 1.42. The predicted molar refractivity (Wildman–Crippen MR) is 141 cm³/mol. The summed E-state index contributed by atoms with van der Waals surface area (Å²) >= 11 is 0. The third-order valence-electron chi connectivity index (χ3n) is 8.93. The van der Waals surface area contributed by atoms with Gasteiger partial charge in [-0.25, -0.2) is 0 Å². The quantitative estimate of drug-likeness (QED) is 0.426. The number of halogens is 2. The zero-order chi connectivity index (χ0) is 25.1. The van der Waals surface area contributed by atoms with Crippen molar-refractivity contribution in [3.8, 4) is 0 Å². The van der Waals surface area contributed by atoms with E-state index in [0.717, 1.165) is 49.5 Å². The lowest BCUT2D eigenvalue weighted by Gasteiger charge is -2.38. The molecule has 2 heterocycles. The largest absolute Gasteiger partial charge is 0.378 e. The molecule has 1 aliphatic heterocycles. The number of nitrogens with zero attached hydrogens (tertiary/aromatic N) is 2. The number of alkyl halides is 2. The van der Waals surface area contributed by atoms with Crippen molar-refractivity contribution in [2.75, 3.05) is 44.6 Å². The molecular formula is C30H39F2N3O. The van der Waals surface area contributed by atoms with Crippen LogP contribution in [-0.2, 0) is 11.2 Å². The molecule has 0 spiro atoms. The molecule has 4 nitrogen and oxygen atoms in total. The van der Waals surface area contributed by atoms with E-state index in [-0.39, 0.29) is 5.92 Å². The molecule has 3 atom stereocenters. The van der Waals surface area contributed by atoms with Crippen LogP contribution < -0.4 is 4.90 Å². The smallest absolute Gasteiger partial charge is 0.0947 e. The molecule has 1 N–H and O–H groups in total. The minimum atomic E-state index is -0.616. The topological polar surface area (TPSA) is 49.2 Å². The van der Waals surface area contributed by atoms with Crippen LogP contribution in [0.15, 0.2) is 36.5 Å². The second-order valence-corrected chi connectivity index (χ2v) is 11.0. The summed E-state index contributed by atoms with van der Waals surface area (Å²) in [6.45, 7) is 4.48. The Morgan fingerprint density at radius 1 is 1.11 bits per heavy atom. The summed E-state index contributed by atoms with van der Waals surface area (Å²) in [7, 11) is 0. The second-order valence-electron chi connectivity index (χ2n) is 11.0. The number of rotatable bonds is 8. The van der Waals surface area contributed by atoms with Crippen LogP contribution >= 0.6 is 0 Å². The molecule has 36 heavy (non-hydrogen) atoms. The Labute approximate surface area is 214 Å². The van der Waals surface area contributed by atoms with Gasteiger partial charge in [0.1, 0.15) is 0 Å². The van der Waals surface area contributed by atoms with E-state index in [2.05, 4.69) is 30.0 Å². The number of ether oxygens (including phenoxy) is 1. The van der Waals surface area contributed by atoms with E-state index in [1.807, 2.05) is 18.3 Å². The number of hydrogen-bond acceptors (Lipinski definition) is 4. The van der Waals surface area contributed by atoms with Gasteiger partial charge in [-0.3, -0.25) is 13.8 Å². The summed E-state index contributed by atoms with van der Waals surface area (Å²) < 4.78 is 31.3. The number of pyridine rings is 1. The number of aromatic nitrogens is 1. The van der Waals surface area contributed by atoms with E-state index in [4.69, 9.17) is 9.72 Å². The van der Waals surface area contributed by atoms with Gasteiger partial charge >= 0.3 is 0 Å². The zero-order valence-corrected chi connectivity index (χ0v) is 21.4. The van der Waals surface area contributed by atoms with E-state index in [1.54, 1.807) is 0 Å². The van der Waals surface area contributed by atoms with Crippen LogP contribution in [0.5, 0.6) is 0 Å². The third kappa shape index (κ3) is 5.20. The fraction of sp³-hybridized carbons (Fsp3) is 0.600. The highest BCUT2D eigenvalue weighted by molar-refractivity contribution is 6.04. The van der Waals surface area contributed by atoms with Gasteiger partial charge in [-0.2, -0.15) is 0 Å². The highest BCUT2D eigenvalue weighted by Crippen LogP contribution is 2.49. The normalized spacial score (nSPS) is 24.9. The van der Waals surface area contributed by atoms with Crippen LogP contribution in [0.4, 0.5) is 14.5 Å². The molecular weight excluding hydrogens is 456 g/mol. The lowest BCUT2D eigenvalue weighted by molar-refractivity contribution is 0.122. The number of fused-ring (bicyclic) bond motifs is 1. The summed E-state index contributed by atoms with van der Waals surface area (Å²) in [4.78, 5) is 7.20. The molecule has 0 amide bonds. The Morgan fingerprint density at radius 3 is 2.53 bits per heavy atom. The summed E-state index contributed by atoms with van der Waals surface area (Å²) in [6, 6.07) is 10.8. The Kier molecular flexibility index (Phi) is 8.00. The van der Waals surface area contributed by atoms with Crippen molar-refractivity contribution in [1.82, 2.24) is 4.98 Å². The van der Waals surface area contributed by atoms with Crippen molar-refractivity contribution in [2.45, 2.75) is 57.3 Å². The molecule has 3 aliphatic rings. The molecule has 0 radical (unpaired) electrons. The highest BCUT2D eigenvalue weighted by Gasteiger charge is 2.39. The molecule has 6 heteroatoms. The van der Waals surface area contributed by atoms with Crippen molar-refractivity contribution >= 4 is 11.4 Å². The first-order valence-electron chi connectivity index (χ1n) is 13.7. The van der Waals surface area contributed by atoms with Crippen LogP contribution in [0.1, 0.15) is 73.2 Å². The Bertz CT molecular complexity index is 1030. The van der Waals surface area contributed by atoms with E-state index < -0.39 is 19.3 Å². The Hall–Kier alpha value is -2.34. The van der Waals surface area contributed by atoms with E-state index >= 15 is 0 Å². The van der Waals surface area contributed by atoms with Crippen LogP contribution in [-0.4, -0.2) is 50.3 Å². The summed E-state index contributed by atoms with van der Waals surface area (Å²) in [5, 5.41) is 9.30. The summed E-state index contributed by atoms with van der Waals surface area (Å²) in [5.41, 5.74) is 6.23. The minimum Gasteiger partial charge on any atom is -0.378 e. The van der Waals surface area contributed by atoms with Crippen molar-refractivity contribution < 1.29 is 13.5 Å². The van der Waals surface area contributed by atoms with E-state index in [1.165, 1.54) is 30.5 Å². The maximum Gasteiger partial charge on any atom is 0.0947 e. The first-order chi connectivity index (χ1) is 17.6. The molecule has 0 bridgehead atoms. The summed E-state index contributed by atoms with van der Waals surface area (Å²) in [6.07, 6.45) is 7.79. The predicted octanol–water partition coefficient (Wildman–Crippen LogP) is 6.48. The SMILES string of the molecule is CC1c2cc(N3CCOCC3)ccc2C(=N)C(c2ccc(CCC(CF)CF)cn2)CC1C1CCC1. The van der Waals surface area contributed by atoms with E-state index in [0.29, 0.717) is 36.3 Å². The lowest BCUT2D eigenvalue weighted by atomic mass is 9.67. The van der Waals surface area contributed by atoms with E-state index in [9.17, 15) is 14.2 Å². The number of morpholine rings is 1. The van der Waals surface area contributed by atoms with Gasteiger partial charge in [0, 0.05) is 48.2 Å². The first kappa shape index (κ1) is 25.3. The van der Waals surface area contributed by atoms with Crippen LogP contribution in [0.3, 0.4) is 0 Å². The van der Waals surface area contributed by atoms with Crippen molar-refractivity contribution in [2.24, 2.45) is 17.8 Å². The van der Waals surface area contributed by atoms with Gasteiger partial charge in [-0.1, -0.05) is 38.3 Å². The maximum atomic E-state index is 12.9. The molecule has 1 aromatic heterocycles. The standard InChI is InChI=1S/C30H39F2N3O/c1-20-26(23-3-2-4-23)16-28(29-10-7-21(19-34-29)5-6-22(17-31)18-32)30(33)25-9-8-24(15-27(20)25)35-11-13-36-14-12-35/h7-10,15,19-20,22-23,26,28,33H,2-6,11-14,16-18H2,1H3. The molecule has 5 rings (SSSR count). The molecule has 2 aromatic rings. The molecule has 1 aromatic carbocycles. The van der Waals surface area contributed by atoms with Crippen molar-refractivity contribution in [3.05, 3.63) is 58.9 Å². The van der Waals surface area contributed by atoms with Gasteiger partial charge in [0.05, 0.1) is 26.6 Å². The van der Waals surface area contributed by atoms with Crippen LogP contribution in [0, 0.1) is 23.2 Å². The minimum absolute atomic E-state index is 0.0352. The molecule has 194 valence electrons. The fourth-order valence-corrected chi connectivity index (χ4v) is 6.30. The monoisotopic (exact) mass is 495 g/mol. The zero-order valence-electron chi connectivity index (χ0n) is 21.4. The van der Waals surface area contributed by atoms with Gasteiger partial charge in [0.25, 0.3) is 0 Å². The lowest BCUT2D eigenvalue weighted by Crippen LogP contribution is -2.36. The molecule has 2 fully saturated rings. The fourth-order valence-electron chi connectivity index (χ4n) is 6.30. The third-order valence-corrected chi connectivity index (χ3v) is 8.93. The van der Waals surface area contributed by atoms with Crippen LogP contribution in [0.2, 0.25) is 0 Å². The highest BCUT2D eigenvalue weighted by atomic mass is 19.1. The maximum absolute atomic E-state index is 12.9. The number of benzene rings is 1. The Morgan fingerprint density at radius 2 is 1.89 bits per heavy atom. The van der Waals surface area contributed by atoms with Crippen molar-refractivity contribution in [3.63, 3.8) is 0 Å².